The second-order valence-electron chi connectivity index (χ2n) is 6.54. The highest BCUT2D eigenvalue weighted by Crippen LogP contribution is 2.38. The van der Waals surface area contributed by atoms with Crippen LogP contribution in [0.15, 0.2) is 30.3 Å². The summed E-state index contributed by atoms with van der Waals surface area (Å²) in [5.74, 6) is 0.577. The predicted octanol–water partition coefficient (Wildman–Crippen LogP) is 4.66. The lowest BCUT2D eigenvalue weighted by Crippen LogP contribution is -2.08. The molecule has 0 spiro atoms. The summed E-state index contributed by atoms with van der Waals surface area (Å²) in [6.45, 7) is 5.41. The fraction of sp³-hybridized carbons (Fsp3) is 0.368. The number of benzene rings is 1. The van der Waals surface area contributed by atoms with Gasteiger partial charge in [-0.15, -0.1) is 5.10 Å². The van der Waals surface area contributed by atoms with E-state index in [2.05, 4.69) is 10.1 Å². The smallest absolute Gasteiger partial charge is 0.417 e. The van der Waals surface area contributed by atoms with E-state index in [0.717, 1.165) is 11.6 Å². The fourth-order valence-corrected chi connectivity index (χ4v) is 2.79. The number of ether oxygens (including phenoxy) is 2. The molecule has 0 saturated carbocycles. The molecule has 0 unspecified atom stereocenters. The maximum absolute atomic E-state index is 13.5. The lowest BCUT2D eigenvalue weighted by atomic mass is 10.1. The summed E-state index contributed by atoms with van der Waals surface area (Å²) in [5.41, 5.74) is 0.364. The Labute approximate surface area is 154 Å². The third-order valence-electron chi connectivity index (χ3n) is 3.84. The Kier molecular flexibility index (Phi) is 4.99. The number of hydrogen-bond donors (Lipinski definition) is 0. The highest BCUT2D eigenvalue weighted by Gasteiger charge is 2.36. The molecule has 0 aliphatic carbocycles. The van der Waals surface area contributed by atoms with E-state index in [1.807, 2.05) is 26.0 Å². The highest BCUT2D eigenvalue weighted by molar-refractivity contribution is 5.85. The summed E-state index contributed by atoms with van der Waals surface area (Å²) in [6, 6.07) is 8.23. The Hall–Kier alpha value is -2.77. The predicted molar refractivity (Wildman–Crippen MR) is 94.8 cm³/mol. The van der Waals surface area contributed by atoms with Gasteiger partial charge < -0.3 is 9.47 Å². The zero-order valence-corrected chi connectivity index (χ0v) is 15.5. The lowest BCUT2D eigenvalue weighted by Gasteiger charge is -2.12. The number of alkyl halides is 3. The van der Waals surface area contributed by atoms with Crippen LogP contribution >= 0.6 is 0 Å². The summed E-state index contributed by atoms with van der Waals surface area (Å²) in [6.07, 6.45) is -4.51. The van der Waals surface area contributed by atoms with E-state index in [1.54, 1.807) is 19.2 Å². The number of aromatic nitrogens is 3. The molecule has 2 heterocycles. The van der Waals surface area contributed by atoms with Crippen molar-refractivity contribution in [1.82, 2.24) is 14.8 Å². The van der Waals surface area contributed by atoms with Crippen LogP contribution in [0.5, 0.6) is 11.6 Å². The molecule has 27 heavy (non-hydrogen) atoms. The molecule has 0 bridgehead atoms. The SMILES string of the molecule is Cc1cc(C(F)(F)F)c2c(OCc3cccc(OC(C)C)c3)nn(C)c2n1. The van der Waals surface area contributed by atoms with Crippen LogP contribution in [0.4, 0.5) is 13.2 Å². The molecule has 0 atom stereocenters. The number of pyridine rings is 1. The van der Waals surface area contributed by atoms with Crippen LogP contribution in [0.25, 0.3) is 11.0 Å². The van der Waals surface area contributed by atoms with Crippen LogP contribution in [0.2, 0.25) is 0 Å². The van der Waals surface area contributed by atoms with Gasteiger partial charge >= 0.3 is 6.18 Å². The average molecular weight is 379 g/mol. The Balaban J connectivity index is 1.94. The van der Waals surface area contributed by atoms with Gasteiger partial charge in [-0.1, -0.05) is 12.1 Å². The molecule has 2 aromatic heterocycles. The van der Waals surface area contributed by atoms with Crippen molar-refractivity contribution in [3.8, 4) is 11.6 Å². The Bertz CT molecular complexity index is 965. The van der Waals surface area contributed by atoms with Crippen molar-refractivity contribution >= 4 is 11.0 Å². The molecule has 8 heteroatoms. The molecule has 0 radical (unpaired) electrons. The first-order valence-electron chi connectivity index (χ1n) is 8.45. The van der Waals surface area contributed by atoms with Crippen LogP contribution in [0.1, 0.15) is 30.7 Å². The molecule has 0 aliphatic rings. The molecule has 0 fully saturated rings. The third-order valence-corrected chi connectivity index (χ3v) is 3.84. The maximum Gasteiger partial charge on any atom is 0.417 e. The molecule has 3 rings (SSSR count). The average Bonchev–Trinajstić information content (AvgIpc) is 2.87. The van der Waals surface area contributed by atoms with Gasteiger partial charge in [0.2, 0.25) is 5.88 Å². The maximum atomic E-state index is 13.5. The van der Waals surface area contributed by atoms with Gasteiger partial charge in [0.1, 0.15) is 12.4 Å². The first kappa shape index (κ1) is 19.0. The minimum atomic E-state index is -4.53. The van der Waals surface area contributed by atoms with Crippen molar-refractivity contribution in [3.05, 3.63) is 47.2 Å². The van der Waals surface area contributed by atoms with Gasteiger partial charge in [0, 0.05) is 12.7 Å². The standard InChI is InChI=1S/C19H20F3N3O2/c1-11(2)27-14-7-5-6-13(9-14)10-26-18-16-15(19(20,21)22)8-12(3)23-17(16)25(4)24-18/h5-9,11H,10H2,1-4H3. The van der Waals surface area contributed by atoms with Gasteiger partial charge in [-0.2, -0.15) is 13.2 Å². The quantitative estimate of drug-likeness (QED) is 0.647. The minimum Gasteiger partial charge on any atom is -0.491 e. The molecule has 0 aliphatic heterocycles. The number of nitrogens with zero attached hydrogens (tertiary/aromatic N) is 3. The fourth-order valence-electron chi connectivity index (χ4n) is 2.79. The van der Waals surface area contributed by atoms with E-state index in [1.165, 1.54) is 11.6 Å². The lowest BCUT2D eigenvalue weighted by molar-refractivity contribution is -0.136. The van der Waals surface area contributed by atoms with E-state index in [0.29, 0.717) is 5.75 Å². The minimum absolute atomic E-state index is 0.0181. The second-order valence-corrected chi connectivity index (χ2v) is 6.54. The first-order valence-corrected chi connectivity index (χ1v) is 8.45. The highest BCUT2D eigenvalue weighted by atomic mass is 19.4. The number of halogens is 3. The first-order chi connectivity index (χ1) is 12.6. The summed E-state index contributed by atoms with van der Waals surface area (Å²) in [7, 11) is 1.54. The van der Waals surface area contributed by atoms with E-state index < -0.39 is 11.7 Å². The molecule has 0 amide bonds. The summed E-state index contributed by atoms with van der Waals surface area (Å²) >= 11 is 0. The third kappa shape index (κ3) is 4.15. The van der Waals surface area contributed by atoms with Crippen molar-refractivity contribution in [2.75, 3.05) is 0 Å². The van der Waals surface area contributed by atoms with Crippen LogP contribution in [-0.4, -0.2) is 20.9 Å². The Morgan fingerprint density at radius 2 is 1.93 bits per heavy atom. The van der Waals surface area contributed by atoms with Crippen molar-refractivity contribution < 1.29 is 22.6 Å². The van der Waals surface area contributed by atoms with Crippen molar-refractivity contribution in [1.29, 1.82) is 0 Å². The van der Waals surface area contributed by atoms with E-state index >= 15 is 0 Å². The molecule has 1 aromatic carbocycles. The van der Waals surface area contributed by atoms with Gasteiger partial charge in [0.05, 0.1) is 17.1 Å². The zero-order chi connectivity index (χ0) is 19.8. The van der Waals surface area contributed by atoms with E-state index in [4.69, 9.17) is 9.47 Å². The zero-order valence-electron chi connectivity index (χ0n) is 15.5. The molecule has 5 nitrogen and oxygen atoms in total. The summed E-state index contributed by atoms with van der Waals surface area (Å²) in [5, 5.41) is 3.96. The van der Waals surface area contributed by atoms with Crippen molar-refractivity contribution in [3.63, 3.8) is 0 Å². The van der Waals surface area contributed by atoms with Gasteiger partial charge in [-0.25, -0.2) is 9.67 Å². The molecular formula is C19H20F3N3O2. The molecular weight excluding hydrogens is 359 g/mol. The number of fused-ring (bicyclic) bond motifs is 1. The normalized spacial score (nSPS) is 12.0. The van der Waals surface area contributed by atoms with Crippen molar-refractivity contribution in [2.24, 2.45) is 7.05 Å². The van der Waals surface area contributed by atoms with Gasteiger partial charge in [-0.05, 0) is 44.5 Å². The molecule has 144 valence electrons. The summed E-state index contributed by atoms with van der Waals surface area (Å²) in [4.78, 5) is 4.17. The van der Waals surface area contributed by atoms with Gasteiger partial charge in [0.15, 0.2) is 5.65 Å². The van der Waals surface area contributed by atoms with Crippen molar-refractivity contribution in [2.45, 2.75) is 39.7 Å². The summed E-state index contributed by atoms with van der Waals surface area (Å²) < 4.78 is 53.0. The van der Waals surface area contributed by atoms with E-state index in [9.17, 15) is 13.2 Å². The number of hydrogen-bond acceptors (Lipinski definition) is 4. The van der Waals surface area contributed by atoms with Crippen LogP contribution < -0.4 is 9.47 Å². The van der Waals surface area contributed by atoms with Crippen LogP contribution in [0, 0.1) is 6.92 Å². The van der Waals surface area contributed by atoms with Crippen LogP contribution in [0.3, 0.4) is 0 Å². The van der Waals surface area contributed by atoms with E-state index in [-0.39, 0.29) is 35.3 Å². The molecule has 0 saturated heterocycles. The number of rotatable bonds is 5. The molecule has 0 N–H and O–H groups in total. The monoisotopic (exact) mass is 379 g/mol. The topological polar surface area (TPSA) is 49.2 Å². The Morgan fingerprint density at radius 1 is 1.19 bits per heavy atom. The van der Waals surface area contributed by atoms with Gasteiger partial charge in [-0.3, -0.25) is 0 Å². The largest absolute Gasteiger partial charge is 0.491 e. The van der Waals surface area contributed by atoms with Gasteiger partial charge in [0.25, 0.3) is 0 Å². The van der Waals surface area contributed by atoms with Crippen LogP contribution in [-0.2, 0) is 19.8 Å². The second kappa shape index (κ2) is 7.09. The Morgan fingerprint density at radius 3 is 2.59 bits per heavy atom. The number of aryl methyl sites for hydroxylation is 2. The molecule has 3 aromatic rings.